The fourth-order valence-corrected chi connectivity index (χ4v) is 4.41. The number of aromatic nitrogens is 2. The highest BCUT2D eigenvalue weighted by Crippen LogP contribution is 2.35. The minimum atomic E-state index is -0.110. The van der Waals surface area contributed by atoms with Gasteiger partial charge in [-0.25, -0.2) is 4.68 Å². The number of rotatable bonds is 4. The van der Waals surface area contributed by atoms with Gasteiger partial charge >= 0.3 is 0 Å². The number of carbonyl (C=O) groups excluding carboxylic acids is 2. The Hall–Kier alpha value is -2.83. The number of hydrogen-bond donors (Lipinski definition) is 1. The van der Waals surface area contributed by atoms with Crippen molar-refractivity contribution in [2.45, 2.75) is 39.5 Å². The van der Waals surface area contributed by atoms with Crippen LogP contribution in [0.1, 0.15) is 38.3 Å². The molecule has 0 atom stereocenters. The molecule has 0 spiro atoms. The van der Waals surface area contributed by atoms with Crippen LogP contribution in [0.15, 0.2) is 30.3 Å². The predicted molar refractivity (Wildman–Crippen MR) is 113 cm³/mol. The van der Waals surface area contributed by atoms with Crippen LogP contribution in [0.5, 0.6) is 0 Å². The Morgan fingerprint density at radius 3 is 2.31 bits per heavy atom. The number of carbonyl (C=O) groups is 2. The third-order valence-corrected chi connectivity index (χ3v) is 5.90. The topological polar surface area (TPSA) is 70.5 Å². The Kier molecular flexibility index (Phi) is 5.56. The quantitative estimate of drug-likeness (QED) is 0.864. The summed E-state index contributed by atoms with van der Waals surface area (Å²) >= 11 is 0. The molecule has 7 nitrogen and oxygen atoms in total. The molecule has 0 radical (unpaired) electrons. The smallest absolute Gasteiger partial charge is 0.225 e. The molecule has 3 heterocycles. The van der Waals surface area contributed by atoms with Crippen molar-refractivity contribution in [1.82, 2.24) is 14.7 Å². The van der Waals surface area contributed by atoms with Gasteiger partial charge < -0.3 is 15.1 Å². The maximum absolute atomic E-state index is 12.8. The zero-order valence-electron chi connectivity index (χ0n) is 17.2. The molecule has 1 aromatic heterocycles. The van der Waals surface area contributed by atoms with Crippen LogP contribution in [0.2, 0.25) is 0 Å². The lowest BCUT2D eigenvalue weighted by atomic mass is 9.95. The van der Waals surface area contributed by atoms with Gasteiger partial charge in [0.25, 0.3) is 0 Å². The molecule has 2 aromatic rings. The molecule has 1 N–H and O–H groups in total. The molecule has 2 fully saturated rings. The standard InChI is InChI=1S/C22H29N5O2/c1-16-20(23-17(2)28)21(27(24-16)19-8-4-3-5-9-19)25-14-10-18(11-15-25)22(29)26-12-6-7-13-26/h3-5,8-9,18H,6-7,10-15H2,1-2H3,(H,23,28). The van der Waals surface area contributed by atoms with Crippen molar-refractivity contribution in [3.05, 3.63) is 36.0 Å². The molecule has 2 amide bonds. The first kappa shape index (κ1) is 19.5. The number of piperidine rings is 1. The number of benzene rings is 1. The maximum Gasteiger partial charge on any atom is 0.225 e. The number of para-hydroxylation sites is 1. The molecule has 2 saturated heterocycles. The molecule has 0 unspecified atom stereocenters. The van der Waals surface area contributed by atoms with Crippen molar-refractivity contribution in [2.75, 3.05) is 36.4 Å². The van der Waals surface area contributed by atoms with Crippen LogP contribution < -0.4 is 10.2 Å². The molecule has 0 saturated carbocycles. The summed E-state index contributed by atoms with van der Waals surface area (Å²) in [6, 6.07) is 9.96. The second-order valence-corrected chi connectivity index (χ2v) is 8.01. The third-order valence-electron chi connectivity index (χ3n) is 5.90. The van der Waals surface area contributed by atoms with Gasteiger partial charge in [-0.3, -0.25) is 9.59 Å². The average Bonchev–Trinajstić information content (AvgIpc) is 3.37. The first-order valence-corrected chi connectivity index (χ1v) is 10.5. The molecule has 0 bridgehead atoms. The van der Waals surface area contributed by atoms with Crippen LogP contribution in [-0.2, 0) is 9.59 Å². The summed E-state index contributed by atoms with van der Waals surface area (Å²) in [7, 11) is 0. The molecule has 7 heteroatoms. The van der Waals surface area contributed by atoms with E-state index in [9.17, 15) is 9.59 Å². The van der Waals surface area contributed by atoms with Crippen molar-refractivity contribution < 1.29 is 9.59 Å². The van der Waals surface area contributed by atoms with E-state index in [1.165, 1.54) is 6.92 Å². The van der Waals surface area contributed by atoms with Crippen molar-refractivity contribution in [2.24, 2.45) is 5.92 Å². The third kappa shape index (κ3) is 3.99. The molecule has 4 rings (SSSR count). The summed E-state index contributed by atoms with van der Waals surface area (Å²) in [4.78, 5) is 28.9. The van der Waals surface area contributed by atoms with Crippen LogP contribution in [0, 0.1) is 12.8 Å². The largest absolute Gasteiger partial charge is 0.355 e. The van der Waals surface area contributed by atoms with E-state index in [0.29, 0.717) is 5.91 Å². The number of hydrogen-bond acceptors (Lipinski definition) is 4. The Labute approximate surface area is 171 Å². The van der Waals surface area contributed by atoms with Gasteiger partial charge in [0.05, 0.1) is 11.4 Å². The molecule has 0 aliphatic carbocycles. The number of amides is 2. The summed E-state index contributed by atoms with van der Waals surface area (Å²) in [5.41, 5.74) is 2.50. The van der Waals surface area contributed by atoms with Gasteiger partial charge in [-0.1, -0.05) is 18.2 Å². The molecule has 1 aromatic carbocycles. The van der Waals surface area contributed by atoms with Crippen LogP contribution in [0.25, 0.3) is 5.69 Å². The van der Waals surface area contributed by atoms with E-state index in [2.05, 4.69) is 10.2 Å². The van der Waals surface area contributed by atoms with Gasteiger partial charge in [0.2, 0.25) is 11.8 Å². The van der Waals surface area contributed by atoms with Gasteiger partial charge in [-0.2, -0.15) is 5.10 Å². The zero-order chi connectivity index (χ0) is 20.4. The minimum Gasteiger partial charge on any atom is -0.355 e. The number of likely N-dealkylation sites (tertiary alicyclic amines) is 1. The lowest BCUT2D eigenvalue weighted by Crippen LogP contribution is -2.42. The first-order valence-electron chi connectivity index (χ1n) is 10.5. The second-order valence-electron chi connectivity index (χ2n) is 8.01. The normalized spacial score (nSPS) is 17.6. The fourth-order valence-electron chi connectivity index (χ4n) is 4.41. The van der Waals surface area contributed by atoms with Crippen LogP contribution in [-0.4, -0.2) is 52.7 Å². The zero-order valence-corrected chi connectivity index (χ0v) is 17.2. The lowest BCUT2D eigenvalue weighted by molar-refractivity contribution is -0.135. The highest BCUT2D eigenvalue weighted by atomic mass is 16.2. The number of nitrogens with zero attached hydrogens (tertiary/aromatic N) is 4. The first-order chi connectivity index (χ1) is 14.0. The molecule has 29 heavy (non-hydrogen) atoms. The van der Waals surface area contributed by atoms with Gasteiger partial charge in [0.15, 0.2) is 5.82 Å². The summed E-state index contributed by atoms with van der Waals surface area (Å²) in [5, 5.41) is 7.68. The lowest BCUT2D eigenvalue weighted by Gasteiger charge is -2.35. The van der Waals surface area contributed by atoms with E-state index in [4.69, 9.17) is 5.10 Å². The van der Waals surface area contributed by atoms with Crippen LogP contribution in [0.4, 0.5) is 11.5 Å². The molecular formula is C22H29N5O2. The molecular weight excluding hydrogens is 366 g/mol. The van der Waals surface area contributed by atoms with Gasteiger partial charge in [-0.05, 0) is 44.7 Å². The van der Waals surface area contributed by atoms with Gasteiger partial charge in [0, 0.05) is 39.0 Å². The highest BCUT2D eigenvalue weighted by molar-refractivity contribution is 5.93. The summed E-state index contributed by atoms with van der Waals surface area (Å²) < 4.78 is 1.91. The predicted octanol–water partition coefficient (Wildman–Crippen LogP) is 2.98. The summed E-state index contributed by atoms with van der Waals surface area (Å²) in [6.45, 7) is 6.79. The Morgan fingerprint density at radius 1 is 1.03 bits per heavy atom. The SMILES string of the molecule is CC(=O)Nc1c(C)nn(-c2ccccc2)c1N1CCC(C(=O)N2CCCC2)CC1. The maximum atomic E-state index is 12.8. The van der Waals surface area contributed by atoms with E-state index >= 15 is 0 Å². The van der Waals surface area contributed by atoms with E-state index in [1.807, 2.05) is 46.8 Å². The van der Waals surface area contributed by atoms with E-state index < -0.39 is 0 Å². The van der Waals surface area contributed by atoms with E-state index in [0.717, 1.165) is 74.7 Å². The van der Waals surface area contributed by atoms with Crippen LogP contribution >= 0.6 is 0 Å². The second kappa shape index (κ2) is 8.27. The summed E-state index contributed by atoms with van der Waals surface area (Å²) in [6.07, 6.45) is 3.90. The number of nitrogens with one attached hydrogen (secondary N) is 1. The molecule has 154 valence electrons. The number of anilines is 2. The minimum absolute atomic E-state index is 0.0998. The van der Waals surface area contributed by atoms with Crippen molar-refractivity contribution >= 4 is 23.3 Å². The van der Waals surface area contributed by atoms with Gasteiger partial charge in [0.1, 0.15) is 5.69 Å². The molecule has 2 aliphatic rings. The van der Waals surface area contributed by atoms with Crippen molar-refractivity contribution in [3.8, 4) is 5.69 Å². The Bertz CT molecular complexity index is 878. The number of aryl methyl sites for hydroxylation is 1. The average molecular weight is 396 g/mol. The van der Waals surface area contributed by atoms with Crippen molar-refractivity contribution in [1.29, 1.82) is 0 Å². The van der Waals surface area contributed by atoms with E-state index in [1.54, 1.807) is 0 Å². The van der Waals surface area contributed by atoms with E-state index in [-0.39, 0.29) is 11.8 Å². The molecule has 2 aliphatic heterocycles. The summed E-state index contributed by atoms with van der Waals surface area (Å²) in [5.74, 6) is 1.21. The van der Waals surface area contributed by atoms with Crippen molar-refractivity contribution in [3.63, 3.8) is 0 Å². The Balaban J connectivity index is 1.59. The fraction of sp³-hybridized carbons (Fsp3) is 0.500. The van der Waals surface area contributed by atoms with Crippen LogP contribution in [0.3, 0.4) is 0 Å². The highest BCUT2D eigenvalue weighted by Gasteiger charge is 2.32. The monoisotopic (exact) mass is 395 g/mol. The Morgan fingerprint density at radius 2 is 1.69 bits per heavy atom. The van der Waals surface area contributed by atoms with Gasteiger partial charge in [-0.15, -0.1) is 0 Å².